The van der Waals surface area contributed by atoms with Crippen LogP contribution in [0.25, 0.3) is 22.2 Å². The minimum Gasteiger partial charge on any atom is -0.457 e. The number of anilines is 1. The van der Waals surface area contributed by atoms with Gasteiger partial charge in [0.25, 0.3) is 0 Å². The van der Waals surface area contributed by atoms with Crippen LogP contribution in [0.1, 0.15) is 45.3 Å². The molecule has 192 valence electrons. The Balaban J connectivity index is 1.49. The highest BCUT2D eigenvalue weighted by Gasteiger charge is 2.32. The number of fused-ring (bicyclic) bond motifs is 1. The molecule has 1 saturated heterocycles. The van der Waals surface area contributed by atoms with Crippen molar-refractivity contribution in [1.29, 1.82) is 0 Å². The van der Waals surface area contributed by atoms with Gasteiger partial charge in [0.2, 0.25) is 0 Å². The van der Waals surface area contributed by atoms with Gasteiger partial charge in [-0.25, -0.2) is 14.8 Å². The van der Waals surface area contributed by atoms with Crippen LogP contribution in [0.4, 0.5) is 5.82 Å². The predicted octanol–water partition coefficient (Wildman–Crippen LogP) is 5.92. The third kappa shape index (κ3) is 5.02. The van der Waals surface area contributed by atoms with Crippen molar-refractivity contribution in [2.75, 3.05) is 18.8 Å². The van der Waals surface area contributed by atoms with Gasteiger partial charge in [0, 0.05) is 17.8 Å². The first-order valence-corrected chi connectivity index (χ1v) is 12.6. The van der Waals surface area contributed by atoms with Crippen molar-refractivity contribution in [1.82, 2.24) is 19.6 Å². The summed E-state index contributed by atoms with van der Waals surface area (Å²) in [5.74, 6) is 1.75. The maximum absolute atomic E-state index is 12.5. The Morgan fingerprint density at radius 1 is 1.03 bits per heavy atom. The van der Waals surface area contributed by atoms with Crippen LogP contribution in [0.3, 0.4) is 0 Å². The molecule has 1 atom stereocenters. The van der Waals surface area contributed by atoms with Crippen LogP contribution in [0, 0.1) is 12.3 Å². The lowest BCUT2D eigenvalue weighted by Crippen LogP contribution is -2.40. The molecule has 2 aromatic heterocycles. The Hall–Kier alpha value is -3.91. The summed E-state index contributed by atoms with van der Waals surface area (Å²) >= 11 is 0. The largest absolute Gasteiger partial charge is 0.457 e. The summed E-state index contributed by atoms with van der Waals surface area (Å²) < 4.78 is 8.21. The predicted molar refractivity (Wildman–Crippen MR) is 144 cm³/mol. The minimum absolute atomic E-state index is 0.0766. The summed E-state index contributed by atoms with van der Waals surface area (Å²) in [5, 5.41) is 2.62. The van der Waals surface area contributed by atoms with Crippen LogP contribution < -0.4 is 10.5 Å². The van der Waals surface area contributed by atoms with E-state index in [4.69, 9.17) is 15.3 Å². The monoisotopic (exact) mass is 499 g/mol. The topological polar surface area (TPSA) is 95.5 Å². The van der Waals surface area contributed by atoms with Gasteiger partial charge in [-0.15, -0.1) is 5.06 Å². The Morgan fingerprint density at radius 2 is 1.73 bits per heavy atom. The van der Waals surface area contributed by atoms with E-state index in [2.05, 4.69) is 21.5 Å². The molecule has 0 saturated carbocycles. The van der Waals surface area contributed by atoms with Crippen LogP contribution in [-0.2, 0) is 9.63 Å². The smallest absolute Gasteiger partial charge is 0.330 e. The van der Waals surface area contributed by atoms with E-state index in [9.17, 15) is 4.79 Å². The molecule has 0 radical (unpaired) electrons. The van der Waals surface area contributed by atoms with Crippen molar-refractivity contribution in [2.24, 2.45) is 5.41 Å². The second-order valence-electron chi connectivity index (χ2n) is 10.5. The van der Waals surface area contributed by atoms with E-state index in [1.54, 1.807) is 5.06 Å². The van der Waals surface area contributed by atoms with E-state index >= 15 is 0 Å². The number of carbonyl (C=O) groups excluding carboxylic acids is 1. The molecule has 3 heterocycles. The molecule has 1 aliphatic heterocycles. The highest BCUT2D eigenvalue weighted by Crippen LogP contribution is 2.40. The summed E-state index contributed by atoms with van der Waals surface area (Å²) in [4.78, 5) is 27.2. The number of benzene rings is 2. The van der Waals surface area contributed by atoms with Crippen molar-refractivity contribution < 1.29 is 14.4 Å². The first kappa shape index (κ1) is 24.8. The summed E-state index contributed by atoms with van der Waals surface area (Å²) in [6, 6.07) is 17.8. The third-order valence-electron chi connectivity index (χ3n) is 6.73. The molecule has 2 N–H and O–H groups in total. The molecule has 0 amide bonds. The molecular weight excluding hydrogens is 466 g/mol. The molecule has 1 fully saturated rings. The van der Waals surface area contributed by atoms with Crippen molar-refractivity contribution in [3.63, 3.8) is 0 Å². The average molecular weight is 500 g/mol. The number of piperidine rings is 1. The number of ether oxygens (including phenoxy) is 1. The molecule has 4 aromatic rings. The SMILES string of the molecule is Cc1c(-c2ccc(Oc3ccccc3)cc2)c2c(N)ncnc2n1[C@@H]1CCCN(OC(=O)C(C)(C)C)C1. The Labute approximate surface area is 217 Å². The fourth-order valence-electron chi connectivity index (χ4n) is 4.86. The molecule has 0 spiro atoms. The van der Waals surface area contributed by atoms with Gasteiger partial charge in [0.05, 0.1) is 23.4 Å². The highest BCUT2D eigenvalue weighted by atomic mass is 16.7. The quantitative estimate of drug-likeness (QED) is 0.364. The van der Waals surface area contributed by atoms with Crippen molar-refractivity contribution in [3.8, 4) is 22.6 Å². The van der Waals surface area contributed by atoms with Crippen molar-refractivity contribution in [3.05, 3.63) is 66.6 Å². The van der Waals surface area contributed by atoms with Gasteiger partial charge in [-0.3, -0.25) is 0 Å². The van der Waals surface area contributed by atoms with Crippen molar-refractivity contribution >= 4 is 22.8 Å². The molecule has 0 unspecified atom stereocenters. The molecule has 37 heavy (non-hydrogen) atoms. The number of nitrogen functional groups attached to an aromatic ring is 1. The van der Waals surface area contributed by atoms with E-state index in [1.165, 1.54) is 6.33 Å². The van der Waals surface area contributed by atoms with E-state index in [0.717, 1.165) is 52.2 Å². The minimum atomic E-state index is -0.561. The standard InChI is InChI=1S/C29H33N5O3/c1-19-24(20-12-14-23(15-13-20)36-22-10-6-5-7-11-22)25-26(30)31-18-32-27(25)34(19)21-9-8-16-33(17-21)37-28(35)29(2,3)4/h5-7,10-15,18,21H,8-9,16-17H2,1-4H3,(H2,30,31,32)/t21-/m1/s1. The zero-order chi connectivity index (χ0) is 26.2. The lowest BCUT2D eigenvalue weighted by molar-refractivity contribution is -0.206. The Morgan fingerprint density at radius 3 is 2.43 bits per heavy atom. The van der Waals surface area contributed by atoms with Crippen LogP contribution in [0.2, 0.25) is 0 Å². The van der Waals surface area contributed by atoms with Gasteiger partial charge >= 0.3 is 5.97 Å². The van der Waals surface area contributed by atoms with Crippen molar-refractivity contribution in [2.45, 2.75) is 46.6 Å². The van der Waals surface area contributed by atoms with E-state index in [-0.39, 0.29) is 12.0 Å². The zero-order valence-electron chi connectivity index (χ0n) is 21.8. The Bertz CT molecular complexity index is 1410. The number of carbonyl (C=O) groups is 1. The van der Waals surface area contributed by atoms with E-state index in [0.29, 0.717) is 18.9 Å². The first-order chi connectivity index (χ1) is 17.7. The second-order valence-corrected chi connectivity index (χ2v) is 10.5. The van der Waals surface area contributed by atoms with E-state index in [1.807, 2.05) is 75.4 Å². The van der Waals surface area contributed by atoms with E-state index < -0.39 is 5.41 Å². The number of nitrogens with two attached hydrogens (primary N) is 1. The van der Waals surface area contributed by atoms with Crippen LogP contribution in [0.15, 0.2) is 60.9 Å². The lowest BCUT2D eigenvalue weighted by atomic mass is 9.98. The fourth-order valence-corrected chi connectivity index (χ4v) is 4.86. The molecular formula is C29H33N5O3. The summed E-state index contributed by atoms with van der Waals surface area (Å²) in [5.41, 5.74) is 9.70. The molecule has 2 aromatic carbocycles. The Kier molecular flexibility index (Phi) is 6.60. The number of hydrogen-bond acceptors (Lipinski definition) is 7. The van der Waals surface area contributed by atoms with Gasteiger partial charge in [0.15, 0.2) is 0 Å². The summed E-state index contributed by atoms with van der Waals surface area (Å²) in [7, 11) is 0. The number of aromatic nitrogens is 3. The molecule has 5 rings (SSSR count). The van der Waals surface area contributed by atoms with Gasteiger partial charge in [-0.2, -0.15) is 0 Å². The summed E-state index contributed by atoms with van der Waals surface area (Å²) in [6.45, 7) is 8.97. The molecule has 0 aliphatic carbocycles. The fraction of sp³-hybridized carbons (Fsp3) is 0.345. The average Bonchev–Trinajstić information content (AvgIpc) is 3.18. The van der Waals surface area contributed by atoms with Gasteiger partial charge in [0.1, 0.15) is 29.3 Å². The summed E-state index contributed by atoms with van der Waals surface area (Å²) in [6.07, 6.45) is 3.36. The number of hydroxylamine groups is 2. The lowest BCUT2D eigenvalue weighted by Gasteiger charge is -2.34. The molecule has 8 heteroatoms. The first-order valence-electron chi connectivity index (χ1n) is 12.6. The molecule has 8 nitrogen and oxygen atoms in total. The highest BCUT2D eigenvalue weighted by molar-refractivity contribution is 6.02. The normalized spacial score (nSPS) is 16.6. The van der Waals surface area contributed by atoms with Crippen LogP contribution in [0.5, 0.6) is 11.5 Å². The third-order valence-corrected chi connectivity index (χ3v) is 6.73. The van der Waals surface area contributed by atoms with Gasteiger partial charge in [-0.05, 0) is 70.4 Å². The number of para-hydroxylation sites is 1. The number of nitrogens with zero attached hydrogens (tertiary/aromatic N) is 4. The van der Waals surface area contributed by atoms with Gasteiger partial charge < -0.3 is 19.9 Å². The van der Waals surface area contributed by atoms with Gasteiger partial charge in [-0.1, -0.05) is 30.3 Å². The second kappa shape index (κ2) is 9.86. The number of hydrogen-bond donors (Lipinski definition) is 1. The molecule has 0 bridgehead atoms. The van der Waals surface area contributed by atoms with Crippen LogP contribution in [-0.4, -0.2) is 38.7 Å². The molecule has 1 aliphatic rings. The van der Waals surface area contributed by atoms with Crippen LogP contribution >= 0.6 is 0 Å². The maximum atomic E-state index is 12.5. The zero-order valence-corrected chi connectivity index (χ0v) is 21.8. The number of rotatable bonds is 5. The maximum Gasteiger partial charge on any atom is 0.330 e.